The summed E-state index contributed by atoms with van der Waals surface area (Å²) in [6.07, 6.45) is 0.180. The quantitative estimate of drug-likeness (QED) is 0.476. The van der Waals surface area contributed by atoms with Crippen LogP contribution in [-0.4, -0.2) is 42.3 Å². The molecule has 0 saturated heterocycles. The Kier molecular flexibility index (Phi) is 7.97. The fraction of sp³-hybridized carbons (Fsp3) is 0.444. The fourth-order valence-corrected chi connectivity index (χ4v) is 4.37. The highest BCUT2D eigenvalue weighted by molar-refractivity contribution is 5.84. The van der Waals surface area contributed by atoms with Crippen LogP contribution in [0.2, 0.25) is 0 Å². The van der Waals surface area contributed by atoms with Crippen LogP contribution in [0, 0.1) is 11.3 Å². The number of carbonyl (C=O) groups is 3. The average molecular weight is 467 g/mol. The van der Waals surface area contributed by atoms with Gasteiger partial charge in [0, 0.05) is 18.9 Å². The van der Waals surface area contributed by atoms with Gasteiger partial charge in [-0.05, 0) is 33.6 Å². The molecule has 0 aliphatic heterocycles. The first-order valence-corrected chi connectivity index (χ1v) is 11.7. The molecule has 1 aliphatic rings. The maximum Gasteiger partial charge on any atom is 0.407 e. The number of ether oxygens (including phenoxy) is 1. The number of amides is 2. The molecule has 0 saturated carbocycles. The fourth-order valence-electron chi connectivity index (χ4n) is 4.37. The second-order valence-electron chi connectivity index (χ2n) is 9.79. The molecule has 1 aliphatic carbocycles. The number of rotatable bonds is 10. The Morgan fingerprint density at radius 2 is 1.59 bits per heavy atom. The van der Waals surface area contributed by atoms with Gasteiger partial charge in [-0.25, -0.2) is 9.59 Å². The highest BCUT2D eigenvalue weighted by Gasteiger charge is 2.31. The van der Waals surface area contributed by atoms with Crippen molar-refractivity contribution in [2.24, 2.45) is 11.3 Å². The summed E-state index contributed by atoms with van der Waals surface area (Å²) in [5, 5.41) is 14.7. The van der Waals surface area contributed by atoms with Gasteiger partial charge in [-0.15, -0.1) is 0 Å². The first-order chi connectivity index (χ1) is 16.1. The van der Waals surface area contributed by atoms with Gasteiger partial charge < -0.3 is 20.5 Å². The Morgan fingerprint density at radius 1 is 1.03 bits per heavy atom. The Balaban J connectivity index is 1.52. The van der Waals surface area contributed by atoms with Gasteiger partial charge in [-0.3, -0.25) is 4.79 Å². The van der Waals surface area contributed by atoms with E-state index in [2.05, 4.69) is 34.9 Å². The maximum atomic E-state index is 12.5. The lowest BCUT2D eigenvalue weighted by atomic mass is 9.88. The van der Waals surface area contributed by atoms with Crippen LogP contribution in [-0.2, 0) is 14.3 Å². The van der Waals surface area contributed by atoms with E-state index in [4.69, 9.17) is 4.74 Å². The number of nitrogens with one attached hydrogen (secondary N) is 2. The second kappa shape index (κ2) is 10.7. The highest BCUT2D eigenvalue weighted by Crippen LogP contribution is 2.44. The normalized spacial score (nSPS) is 14.5. The van der Waals surface area contributed by atoms with Crippen molar-refractivity contribution >= 4 is 18.0 Å². The number of carboxylic acid groups (broad SMARTS) is 1. The second-order valence-corrected chi connectivity index (χ2v) is 9.79. The summed E-state index contributed by atoms with van der Waals surface area (Å²) in [6, 6.07) is 15.3. The van der Waals surface area contributed by atoms with Crippen LogP contribution in [0.1, 0.15) is 57.6 Å². The van der Waals surface area contributed by atoms with Gasteiger partial charge in [0.1, 0.15) is 12.6 Å². The van der Waals surface area contributed by atoms with Gasteiger partial charge in [0.25, 0.3) is 0 Å². The summed E-state index contributed by atoms with van der Waals surface area (Å²) in [5.74, 6) is -1.60. The van der Waals surface area contributed by atoms with E-state index in [-0.39, 0.29) is 37.3 Å². The lowest BCUT2D eigenvalue weighted by Gasteiger charge is -2.26. The summed E-state index contributed by atoms with van der Waals surface area (Å²) in [7, 11) is 0. The molecule has 0 spiro atoms. The number of benzene rings is 2. The molecule has 7 nitrogen and oxygen atoms in total. The molecule has 3 N–H and O–H groups in total. The smallest absolute Gasteiger partial charge is 0.407 e. The van der Waals surface area contributed by atoms with E-state index in [0.717, 1.165) is 22.3 Å². The number of carboxylic acids is 1. The minimum atomic E-state index is -1.04. The minimum Gasteiger partial charge on any atom is -0.480 e. The van der Waals surface area contributed by atoms with Crippen LogP contribution in [0.15, 0.2) is 48.5 Å². The molecule has 2 amide bonds. The van der Waals surface area contributed by atoms with Crippen LogP contribution in [0.25, 0.3) is 11.1 Å². The number of hydrogen-bond donors (Lipinski definition) is 3. The van der Waals surface area contributed by atoms with Crippen molar-refractivity contribution < 1.29 is 24.2 Å². The minimum absolute atomic E-state index is 0.0227. The van der Waals surface area contributed by atoms with E-state index < -0.39 is 23.5 Å². The lowest BCUT2D eigenvalue weighted by Crippen LogP contribution is -2.47. The van der Waals surface area contributed by atoms with Gasteiger partial charge in [0.2, 0.25) is 5.91 Å². The highest BCUT2D eigenvalue weighted by atomic mass is 16.5. The Hall–Kier alpha value is -3.35. The van der Waals surface area contributed by atoms with Crippen molar-refractivity contribution in [3.63, 3.8) is 0 Å². The van der Waals surface area contributed by atoms with Crippen molar-refractivity contribution in [2.75, 3.05) is 13.2 Å². The van der Waals surface area contributed by atoms with Crippen molar-refractivity contribution in [1.29, 1.82) is 0 Å². The summed E-state index contributed by atoms with van der Waals surface area (Å²) in [6.45, 7) is 7.80. The van der Waals surface area contributed by atoms with Crippen LogP contribution in [0.4, 0.5) is 4.79 Å². The third-order valence-electron chi connectivity index (χ3n) is 6.49. The van der Waals surface area contributed by atoms with E-state index in [9.17, 15) is 19.5 Å². The molecule has 2 aromatic rings. The molecule has 7 heteroatoms. The summed E-state index contributed by atoms with van der Waals surface area (Å²) in [5.41, 5.74) is 4.03. The molecule has 0 heterocycles. The predicted octanol–water partition coefficient (Wildman–Crippen LogP) is 4.56. The molecule has 34 heavy (non-hydrogen) atoms. The molecule has 0 unspecified atom stereocenters. The third-order valence-corrected chi connectivity index (χ3v) is 6.49. The van der Waals surface area contributed by atoms with Crippen LogP contribution in [0.5, 0.6) is 0 Å². The summed E-state index contributed by atoms with van der Waals surface area (Å²) < 4.78 is 5.55. The monoisotopic (exact) mass is 466 g/mol. The van der Waals surface area contributed by atoms with Gasteiger partial charge in [-0.1, -0.05) is 82.6 Å². The zero-order valence-electron chi connectivity index (χ0n) is 20.3. The van der Waals surface area contributed by atoms with Crippen LogP contribution >= 0.6 is 0 Å². The Morgan fingerprint density at radius 3 is 2.12 bits per heavy atom. The SMILES string of the molecule is CC[C@H](C)[C@H](NC(=O)CC(C)(C)CNC(=O)OCC1c2ccccc2-c2ccccc21)C(=O)O. The number of hydrogen-bond acceptors (Lipinski definition) is 4. The topological polar surface area (TPSA) is 105 Å². The van der Waals surface area contributed by atoms with Gasteiger partial charge in [0.05, 0.1) is 0 Å². The van der Waals surface area contributed by atoms with Crippen molar-refractivity contribution in [2.45, 2.75) is 52.5 Å². The maximum absolute atomic E-state index is 12.5. The Bertz CT molecular complexity index is 1000. The molecule has 2 atom stereocenters. The molecule has 0 aromatic heterocycles. The predicted molar refractivity (Wildman–Crippen MR) is 130 cm³/mol. The third kappa shape index (κ3) is 5.95. The van der Waals surface area contributed by atoms with Gasteiger partial charge in [0.15, 0.2) is 0 Å². The number of aliphatic carboxylic acids is 1. The molecule has 3 rings (SSSR count). The van der Waals surface area contributed by atoms with Gasteiger partial charge >= 0.3 is 12.1 Å². The van der Waals surface area contributed by atoms with E-state index >= 15 is 0 Å². The average Bonchev–Trinajstić information content (AvgIpc) is 3.12. The zero-order valence-corrected chi connectivity index (χ0v) is 20.3. The molecule has 0 fully saturated rings. The molecule has 0 bridgehead atoms. The molecule has 0 radical (unpaired) electrons. The van der Waals surface area contributed by atoms with E-state index in [1.54, 1.807) is 6.92 Å². The number of alkyl carbamates (subject to hydrolysis) is 1. The largest absolute Gasteiger partial charge is 0.480 e. The van der Waals surface area contributed by atoms with Gasteiger partial charge in [-0.2, -0.15) is 0 Å². The first-order valence-electron chi connectivity index (χ1n) is 11.7. The first kappa shape index (κ1) is 25.3. The zero-order chi connectivity index (χ0) is 24.9. The number of carbonyl (C=O) groups excluding carboxylic acids is 2. The molecule has 2 aromatic carbocycles. The summed E-state index contributed by atoms with van der Waals surface area (Å²) >= 11 is 0. The van der Waals surface area contributed by atoms with E-state index in [0.29, 0.717) is 6.42 Å². The van der Waals surface area contributed by atoms with Crippen molar-refractivity contribution in [3.05, 3.63) is 59.7 Å². The lowest BCUT2D eigenvalue weighted by molar-refractivity contribution is -0.143. The van der Waals surface area contributed by atoms with Crippen molar-refractivity contribution in [3.8, 4) is 11.1 Å². The molecule has 182 valence electrons. The summed E-state index contributed by atoms with van der Waals surface area (Å²) in [4.78, 5) is 36.4. The Labute approximate surface area is 200 Å². The standard InChI is InChI=1S/C27H34N2O5/c1-5-17(2)24(25(31)32)29-23(30)14-27(3,4)16-28-26(33)34-15-22-20-12-8-6-10-18(20)19-11-7-9-13-21(19)22/h6-13,17,22,24H,5,14-16H2,1-4H3,(H,28,33)(H,29,30)(H,31,32)/t17-,24-/m0/s1. The molecular weight excluding hydrogens is 432 g/mol. The number of fused-ring (bicyclic) bond motifs is 3. The molecular formula is C27H34N2O5. The van der Waals surface area contributed by atoms with E-state index in [1.165, 1.54) is 0 Å². The van der Waals surface area contributed by atoms with Crippen LogP contribution < -0.4 is 10.6 Å². The van der Waals surface area contributed by atoms with E-state index in [1.807, 2.05) is 45.0 Å². The van der Waals surface area contributed by atoms with Crippen LogP contribution in [0.3, 0.4) is 0 Å². The van der Waals surface area contributed by atoms with Crippen molar-refractivity contribution in [1.82, 2.24) is 10.6 Å².